The average Bonchev–Trinajstić information content (AvgIpc) is 2.64. The molecule has 0 N–H and O–H groups in total. The summed E-state index contributed by atoms with van der Waals surface area (Å²) in [5, 5.41) is 8.00. The fourth-order valence-electron chi connectivity index (χ4n) is 1.19. The van der Waals surface area contributed by atoms with Gasteiger partial charge in [-0.2, -0.15) is 4.68 Å². The number of ether oxygens (including phenoxy) is 1. The molecule has 14 heavy (non-hydrogen) atoms. The summed E-state index contributed by atoms with van der Waals surface area (Å²) < 4.78 is 6.69. The van der Waals surface area contributed by atoms with Crippen LogP contribution in [0.1, 0.15) is 0 Å². The molecular formula is C9H8ClN3O. The standard InChI is InChI=1S/C9H8ClN3O/c1-14-8-5-3-2-4-7(8)13-9(10)6-11-12-13/h2-6H,1H3. The second-order valence-corrected chi connectivity index (χ2v) is 3.03. The summed E-state index contributed by atoms with van der Waals surface area (Å²) in [5.41, 5.74) is 0.775. The van der Waals surface area contributed by atoms with Crippen LogP contribution < -0.4 is 4.74 Å². The summed E-state index contributed by atoms with van der Waals surface area (Å²) in [7, 11) is 1.60. The van der Waals surface area contributed by atoms with E-state index < -0.39 is 0 Å². The van der Waals surface area contributed by atoms with E-state index in [1.807, 2.05) is 24.3 Å². The third-order valence-corrected chi connectivity index (χ3v) is 2.08. The third kappa shape index (κ3) is 1.44. The van der Waals surface area contributed by atoms with Crippen molar-refractivity contribution in [2.45, 2.75) is 0 Å². The van der Waals surface area contributed by atoms with Crippen molar-refractivity contribution in [1.82, 2.24) is 15.0 Å². The zero-order valence-corrected chi connectivity index (χ0v) is 8.27. The summed E-state index contributed by atoms with van der Waals surface area (Å²) in [5.74, 6) is 0.708. The van der Waals surface area contributed by atoms with Crippen LogP contribution in [0.3, 0.4) is 0 Å². The Morgan fingerprint density at radius 1 is 1.36 bits per heavy atom. The van der Waals surface area contributed by atoms with E-state index in [0.29, 0.717) is 10.9 Å². The summed E-state index contributed by atoms with van der Waals surface area (Å²) in [6.07, 6.45) is 1.48. The fraction of sp³-hybridized carbons (Fsp3) is 0.111. The van der Waals surface area contributed by atoms with Gasteiger partial charge in [0, 0.05) is 0 Å². The van der Waals surface area contributed by atoms with Gasteiger partial charge in [0.05, 0.1) is 13.3 Å². The number of hydrogen-bond donors (Lipinski definition) is 0. The van der Waals surface area contributed by atoms with Crippen LogP contribution in [0, 0.1) is 0 Å². The third-order valence-electron chi connectivity index (χ3n) is 1.82. The number of halogens is 1. The molecule has 1 heterocycles. The number of para-hydroxylation sites is 2. The summed E-state index contributed by atoms with van der Waals surface area (Å²) in [6, 6.07) is 7.47. The van der Waals surface area contributed by atoms with Gasteiger partial charge in [0.2, 0.25) is 0 Å². The van der Waals surface area contributed by atoms with E-state index in [4.69, 9.17) is 16.3 Å². The molecule has 1 aromatic heterocycles. The number of rotatable bonds is 2. The van der Waals surface area contributed by atoms with Gasteiger partial charge in [-0.15, -0.1) is 5.10 Å². The molecule has 0 saturated heterocycles. The molecule has 1 aromatic carbocycles. The maximum atomic E-state index is 5.89. The van der Waals surface area contributed by atoms with E-state index in [0.717, 1.165) is 5.69 Å². The fourth-order valence-corrected chi connectivity index (χ4v) is 1.36. The first-order valence-corrected chi connectivity index (χ1v) is 4.40. The smallest absolute Gasteiger partial charge is 0.153 e. The Labute approximate surface area is 86.1 Å². The van der Waals surface area contributed by atoms with Gasteiger partial charge in [0.25, 0.3) is 0 Å². The Hall–Kier alpha value is -1.55. The van der Waals surface area contributed by atoms with E-state index in [1.54, 1.807) is 7.11 Å². The number of benzene rings is 1. The van der Waals surface area contributed by atoms with E-state index in [-0.39, 0.29) is 0 Å². The van der Waals surface area contributed by atoms with Gasteiger partial charge in [-0.1, -0.05) is 28.9 Å². The molecule has 72 valence electrons. The van der Waals surface area contributed by atoms with Crippen molar-refractivity contribution in [3.05, 3.63) is 35.6 Å². The lowest BCUT2D eigenvalue weighted by atomic mass is 10.3. The predicted octanol–water partition coefficient (Wildman–Crippen LogP) is 1.93. The molecule has 5 heteroatoms. The molecule has 0 aliphatic rings. The largest absolute Gasteiger partial charge is 0.494 e. The molecule has 2 rings (SSSR count). The molecule has 0 fully saturated rings. The normalized spacial score (nSPS) is 10.1. The SMILES string of the molecule is COc1ccccc1-n1nncc1Cl. The van der Waals surface area contributed by atoms with Crippen LogP contribution in [0.25, 0.3) is 5.69 Å². The lowest BCUT2D eigenvalue weighted by molar-refractivity contribution is 0.411. The highest BCUT2D eigenvalue weighted by atomic mass is 35.5. The molecule has 0 saturated carbocycles. The summed E-state index contributed by atoms with van der Waals surface area (Å²) in [6.45, 7) is 0. The average molecular weight is 210 g/mol. The van der Waals surface area contributed by atoms with Gasteiger partial charge in [0.1, 0.15) is 11.4 Å². The lowest BCUT2D eigenvalue weighted by Gasteiger charge is -2.07. The van der Waals surface area contributed by atoms with E-state index in [9.17, 15) is 0 Å². The van der Waals surface area contributed by atoms with Gasteiger partial charge in [-0.05, 0) is 12.1 Å². The molecule has 0 spiro atoms. The van der Waals surface area contributed by atoms with Crippen LogP contribution in [-0.4, -0.2) is 22.1 Å². The van der Waals surface area contributed by atoms with E-state index >= 15 is 0 Å². The molecule has 4 nitrogen and oxygen atoms in total. The summed E-state index contributed by atoms with van der Waals surface area (Å²) in [4.78, 5) is 0. The van der Waals surface area contributed by atoms with Crippen LogP contribution in [0.15, 0.2) is 30.5 Å². The molecule has 0 aliphatic carbocycles. The second-order valence-electron chi connectivity index (χ2n) is 2.64. The Kier molecular flexibility index (Phi) is 2.37. The number of nitrogens with zero attached hydrogens (tertiary/aromatic N) is 3. The lowest BCUT2D eigenvalue weighted by Crippen LogP contribution is -1.99. The minimum Gasteiger partial charge on any atom is -0.494 e. The minimum absolute atomic E-state index is 0.453. The van der Waals surface area contributed by atoms with Crippen molar-refractivity contribution in [3.8, 4) is 11.4 Å². The van der Waals surface area contributed by atoms with Gasteiger partial charge in [0.15, 0.2) is 5.15 Å². The van der Waals surface area contributed by atoms with Crippen molar-refractivity contribution < 1.29 is 4.74 Å². The van der Waals surface area contributed by atoms with Gasteiger partial charge in [-0.25, -0.2) is 0 Å². The van der Waals surface area contributed by atoms with E-state index in [2.05, 4.69) is 10.3 Å². The van der Waals surface area contributed by atoms with Gasteiger partial charge < -0.3 is 4.74 Å². The quantitative estimate of drug-likeness (QED) is 0.759. The maximum Gasteiger partial charge on any atom is 0.153 e. The molecule has 0 aliphatic heterocycles. The molecule has 0 atom stereocenters. The Morgan fingerprint density at radius 3 is 2.79 bits per heavy atom. The molecule has 2 aromatic rings. The number of aromatic nitrogens is 3. The first-order chi connectivity index (χ1) is 6.83. The van der Waals surface area contributed by atoms with E-state index in [1.165, 1.54) is 10.9 Å². The highest BCUT2D eigenvalue weighted by Crippen LogP contribution is 2.23. The molecule has 0 amide bonds. The summed E-state index contributed by atoms with van der Waals surface area (Å²) >= 11 is 5.89. The first-order valence-electron chi connectivity index (χ1n) is 4.02. The van der Waals surface area contributed by atoms with Gasteiger partial charge >= 0.3 is 0 Å². The van der Waals surface area contributed by atoms with Crippen molar-refractivity contribution >= 4 is 11.6 Å². The minimum atomic E-state index is 0.453. The highest BCUT2D eigenvalue weighted by Gasteiger charge is 2.08. The Morgan fingerprint density at radius 2 is 2.14 bits per heavy atom. The molecule has 0 radical (unpaired) electrons. The highest BCUT2D eigenvalue weighted by molar-refractivity contribution is 6.29. The Balaban J connectivity index is 2.56. The molecule has 0 bridgehead atoms. The topological polar surface area (TPSA) is 39.9 Å². The second kappa shape index (κ2) is 3.67. The Bertz CT molecular complexity index is 441. The predicted molar refractivity (Wildman–Crippen MR) is 52.9 cm³/mol. The van der Waals surface area contributed by atoms with Crippen molar-refractivity contribution in [2.24, 2.45) is 0 Å². The number of methoxy groups -OCH3 is 1. The molecular weight excluding hydrogens is 202 g/mol. The first kappa shape index (κ1) is 9.02. The van der Waals surface area contributed by atoms with Crippen molar-refractivity contribution in [2.75, 3.05) is 7.11 Å². The maximum absolute atomic E-state index is 5.89. The van der Waals surface area contributed by atoms with Crippen LogP contribution in [-0.2, 0) is 0 Å². The monoisotopic (exact) mass is 209 g/mol. The van der Waals surface area contributed by atoms with Crippen molar-refractivity contribution in [3.63, 3.8) is 0 Å². The van der Waals surface area contributed by atoms with Crippen LogP contribution in [0.5, 0.6) is 5.75 Å². The van der Waals surface area contributed by atoms with Crippen LogP contribution in [0.4, 0.5) is 0 Å². The number of hydrogen-bond acceptors (Lipinski definition) is 3. The van der Waals surface area contributed by atoms with Crippen LogP contribution >= 0.6 is 11.6 Å². The molecule has 0 unspecified atom stereocenters. The van der Waals surface area contributed by atoms with Crippen molar-refractivity contribution in [1.29, 1.82) is 0 Å². The van der Waals surface area contributed by atoms with Gasteiger partial charge in [-0.3, -0.25) is 0 Å². The zero-order chi connectivity index (χ0) is 9.97. The zero-order valence-electron chi connectivity index (χ0n) is 7.51. The van der Waals surface area contributed by atoms with Crippen LogP contribution in [0.2, 0.25) is 5.15 Å².